The smallest absolute Gasteiger partial charge is 0.270 e. The highest BCUT2D eigenvalue weighted by atomic mass is 35.5. The SMILES string of the molecule is COc1ccc([N+](=O)[O-])cc1CSc1ccc(N)c(Cl)c1. The molecule has 0 saturated heterocycles. The van der Waals surface area contributed by atoms with Gasteiger partial charge < -0.3 is 10.5 Å². The number of thioether (sulfide) groups is 1. The second-order valence-electron chi connectivity index (χ2n) is 4.23. The van der Waals surface area contributed by atoms with Crippen molar-refractivity contribution in [2.24, 2.45) is 0 Å². The molecule has 0 amide bonds. The maximum absolute atomic E-state index is 10.8. The van der Waals surface area contributed by atoms with Crippen LogP contribution in [0, 0.1) is 10.1 Å². The first-order valence-electron chi connectivity index (χ1n) is 6.00. The topological polar surface area (TPSA) is 78.4 Å². The summed E-state index contributed by atoms with van der Waals surface area (Å²) < 4.78 is 5.23. The van der Waals surface area contributed by atoms with Crippen molar-refractivity contribution >= 4 is 34.7 Å². The largest absolute Gasteiger partial charge is 0.496 e. The van der Waals surface area contributed by atoms with Gasteiger partial charge in [0.2, 0.25) is 0 Å². The zero-order chi connectivity index (χ0) is 15.4. The average Bonchev–Trinajstić information content (AvgIpc) is 2.48. The minimum Gasteiger partial charge on any atom is -0.496 e. The van der Waals surface area contributed by atoms with Gasteiger partial charge in [-0.05, 0) is 24.3 Å². The van der Waals surface area contributed by atoms with Gasteiger partial charge in [-0.15, -0.1) is 11.8 Å². The second-order valence-corrected chi connectivity index (χ2v) is 5.68. The fourth-order valence-electron chi connectivity index (χ4n) is 1.75. The fraction of sp³-hybridized carbons (Fsp3) is 0.143. The van der Waals surface area contributed by atoms with Crippen molar-refractivity contribution < 1.29 is 9.66 Å². The molecule has 2 N–H and O–H groups in total. The Bertz CT molecular complexity index is 679. The standard InChI is InChI=1S/C14H13ClN2O3S/c1-20-14-5-2-10(17(18)19)6-9(14)8-21-11-3-4-13(16)12(15)7-11/h2-7H,8,16H2,1H3. The van der Waals surface area contributed by atoms with Crippen LogP contribution < -0.4 is 10.5 Å². The van der Waals surface area contributed by atoms with Crippen molar-refractivity contribution in [2.45, 2.75) is 10.6 Å². The van der Waals surface area contributed by atoms with Crippen molar-refractivity contribution in [1.82, 2.24) is 0 Å². The highest BCUT2D eigenvalue weighted by Crippen LogP contribution is 2.32. The molecule has 21 heavy (non-hydrogen) atoms. The molecule has 0 saturated carbocycles. The summed E-state index contributed by atoms with van der Waals surface area (Å²) in [6.45, 7) is 0. The minimum absolute atomic E-state index is 0.0433. The van der Waals surface area contributed by atoms with Crippen LogP contribution in [-0.2, 0) is 5.75 Å². The predicted molar refractivity (Wildman–Crippen MR) is 85.1 cm³/mol. The summed E-state index contributed by atoms with van der Waals surface area (Å²) >= 11 is 7.47. The van der Waals surface area contributed by atoms with Crippen LogP contribution in [0.25, 0.3) is 0 Å². The molecule has 0 aromatic heterocycles. The van der Waals surface area contributed by atoms with Crippen LogP contribution in [0.3, 0.4) is 0 Å². The van der Waals surface area contributed by atoms with Gasteiger partial charge >= 0.3 is 0 Å². The first kappa shape index (κ1) is 15.5. The van der Waals surface area contributed by atoms with Crippen LogP contribution in [-0.4, -0.2) is 12.0 Å². The lowest BCUT2D eigenvalue weighted by Crippen LogP contribution is -1.94. The molecule has 0 atom stereocenters. The number of nitrogens with two attached hydrogens (primary N) is 1. The number of benzene rings is 2. The number of hydrogen-bond acceptors (Lipinski definition) is 5. The highest BCUT2D eigenvalue weighted by Gasteiger charge is 2.12. The molecule has 0 aliphatic heterocycles. The van der Waals surface area contributed by atoms with Crippen molar-refractivity contribution in [3.63, 3.8) is 0 Å². The van der Waals surface area contributed by atoms with Crippen LogP contribution in [0.1, 0.15) is 5.56 Å². The van der Waals surface area contributed by atoms with Gasteiger partial charge in [0, 0.05) is 28.3 Å². The van der Waals surface area contributed by atoms with Crippen LogP contribution in [0.4, 0.5) is 11.4 Å². The summed E-state index contributed by atoms with van der Waals surface area (Å²) in [5.41, 5.74) is 6.98. The van der Waals surface area contributed by atoms with Gasteiger partial charge in [-0.1, -0.05) is 11.6 Å². The number of nitrogens with zero attached hydrogens (tertiary/aromatic N) is 1. The van der Waals surface area contributed by atoms with Gasteiger partial charge in [-0.25, -0.2) is 0 Å². The van der Waals surface area contributed by atoms with Crippen molar-refractivity contribution in [3.8, 4) is 5.75 Å². The Kier molecular flexibility index (Phi) is 4.93. The van der Waals surface area contributed by atoms with Crippen molar-refractivity contribution in [2.75, 3.05) is 12.8 Å². The first-order valence-corrected chi connectivity index (χ1v) is 7.36. The molecule has 0 aliphatic rings. The molecule has 0 fully saturated rings. The third-order valence-electron chi connectivity index (χ3n) is 2.84. The monoisotopic (exact) mass is 324 g/mol. The second kappa shape index (κ2) is 6.69. The van der Waals surface area contributed by atoms with E-state index >= 15 is 0 Å². The van der Waals surface area contributed by atoms with Crippen molar-refractivity contribution in [1.29, 1.82) is 0 Å². The number of nitro benzene ring substituents is 1. The number of nitro groups is 1. The van der Waals surface area contributed by atoms with Crippen LogP contribution in [0.15, 0.2) is 41.3 Å². The molecule has 2 aromatic carbocycles. The molecule has 0 spiro atoms. The zero-order valence-electron chi connectivity index (χ0n) is 11.2. The summed E-state index contributed by atoms with van der Waals surface area (Å²) in [7, 11) is 1.54. The van der Waals surface area contributed by atoms with E-state index in [0.717, 1.165) is 10.5 Å². The lowest BCUT2D eigenvalue weighted by atomic mass is 10.2. The molecule has 0 unspecified atom stereocenters. The molecular formula is C14H13ClN2O3S. The molecule has 2 aromatic rings. The van der Waals surface area contributed by atoms with Crippen LogP contribution in [0.2, 0.25) is 5.02 Å². The van der Waals surface area contributed by atoms with E-state index in [2.05, 4.69) is 0 Å². The van der Waals surface area contributed by atoms with Gasteiger partial charge in [0.15, 0.2) is 0 Å². The number of halogens is 1. The van der Waals surface area contributed by atoms with E-state index < -0.39 is 4.92 Å². The Hall–Kier alpha value is -1.92. The van der Waals surface area contributed by atoms with E-state index in [1.807, 2.05) is 6.07 Å². The number of rotatable bonds is 5. The molecule has 7 heteroatoms. The molecule has 0 bridgehead atoms. The molecule has 2 rings (SSSR count). The van der Waals surface area contributed by atoms with Crippen LogP contribution in [0.5, 0.6) is 5.75 Å². The summed E-state index contributed by atoms with van der Waals surface area (Å²) in [5.74, 6) is 1.15. The average molecular weight is 325 g/mol. The summed E-state index contributed by atoms with van der Waals surface area (Å²) in [6.07, 6.45) is 0. The van der Waals surface area contributed by atoms with Crippen molar-refractivity contribution in [3.05, 3.63) is 57.1 Å². The Balaban J connectivity index is 2.19. The van der Waals surface area contributed by atoms with E-state index in [1.54, 1.807) is 18.2 Å². The number of ether oxygens (including phenoxy) is 1. The summed E-state index contributed by atoms with van der Waals surface area (Å²) in [4.78, 5) is 11.3. The molecule has 0 aliphatic carbocycles. The van der Waals surface area contributed by atoms with Gasteiger partial charge in [-0.3, -0.25) is 10.1 Å². The summed E-state index contributed by atoms with van der Waals surface area (Å²) in [6, 6.07) is 9.90. The minimum atomic E-state index is -0.423. The van der Waals surface area contributed by atoms with Crippen LogP contribution >= 0.6 is 23.4 Å². The fourth-order valence-corrected chi connectivity index (χ4v) is 2.91. The number of non-ortho nitro benzene ring substituents is 1. The molecule has 5 nitrogen and oxygen atoms in total. The molecular weight excluding hydrogens is 312 g/mol. The number of nitrogen functional groups attached to an aromatic ring is 1. The number of hydrogen-bond donors (Lipinski definition) is 1. The normalized spacial score (nSPS) is 10.4. The van der Waals surface area contributed by atoms with Gasteiger partial charge in [0.25, 0.3) is 5.69 Å². The highest BCUT2D eigenvalue weighted by molar-refractivity contribution is 7.98. The van der Waals surface area contributed by atoms with Gasteiger partial charge in [-0.2, -0.15) is 0 Å². The molecule has 110 valence electrons. The summed E-state index contributed by atoms with van der Waals surface area (Å²) in [5, 5.41) is 11.3. The third kappa shape index (κ3) is 3.80. The quantitative estimate of drug-likeness (QED) is 0.387. The maximum atomic E-state index is 10.8. The lowest BCUT2D eigenvalue weighted by molar-refractivity contribution is -0.384. The van der Waals surface area contributed by atoms with Gasteiger partial charge in [0.05, 0.1) is 22.7 Å². The van der Waals surface area contributed by atoms with E-state index in [4.69, 9.17) is 22.1 Å². The molecule has 0 heterocycles. The van der Waals surface area contributed by atoms with Gasteiger partial charge in [0.1, 0.15) is 5.75 Å². The Morgan fingerprint density at radius 3 is 2.71 bits per heavy atom. The van der Waals surface area contributed by atoms with E-state index in [-0.39, 0.29) is 5.69 Å². The Labute approximate surface area is 131 Å². The lowest BCUT2D eigenvalue weighted by Gasteiger charge is -2.08. The molecule has 0 radical (unpaired) electrons. The third-order valence-corrected chi connectivity index (χ3v) is 4.21. The van der Waals surface area contributed by atoms with E-state index in [9.17, 15) is 10.1 Å². The predicted octanol–water partition coefficient (Wildman–Crippen LogP) is 4.13. The van der Waals surface area contributed by atoms with E-state index in [1.165, 1.54) is 31.0 Å². The number of methoxy groups -OCH3 is 1. The van der Waals surface area contributed by atoms with E-state index in [0.29, 0.717) is 22.2 Å². The zero-order valence-corrected chi connectivity index (χ0v) is 12.8. The first-order chi connectivity index (χ1) is 10.0. The Morgan fingerprint density at radius 1 is 1.33 bits per heavy atom. The number of anilines is 1. The Morgan fingerprint density at radius 2 is 2.10 bits per heavy atom. The maximum Gasteiger partial charge on any atom is 0.270 e.